The van der Waals surface area contributed by atoms with E-state index in [1.54, 1.807) is 4.68 Å². The first-order valence-corrected chi connectivity index (χ1v) is 12.0. The van der Waals surface area contributed by atoms with Gasteiger partial charge in [-0.1, -0.05) is 37.8 Å². The maximum absolute atomic E-state index is 11.6. The molecule has 0 saturated heterocycles. The third-order valence-electron chi connectivity index (χ3n) is 4.06. The van der Waals surface area contributed by atoms with Gasteiger partial charge in [0, 0.05) is 25.6 Å². The van der Waals surface area contributed by atoms with Crippen molar-refractivity contribution in [2.75, 3.05) is 6.61 Å². The number of fused-ring (bicyclic) bond motifs is 1. The summed E-state index contributed by atoms with van der Waals surface area (Å²) in [6.07, 6.45) is 1.38. The minimum absolute atomic E-state index is 0.167. The van der Waals surface area contributed by atoms with Gasteiger partial charge in [0.05, 0.1) is 11.9 Å². The molecule has 0 aliphatic rings. The number of nitrogens with one attached hydrogen (secondary N) is 1. The lowest BCUT2D eigenvalue weighted by molar-refractivity contribution is 0.0695. The first-order valence-electron chi connectivity index (χ1n) is 8.30. The molecule has 1 aromatic carbocycles. The monoisotopic (exact) mass is 357 g/mol. The number of ether oxygens (including phenoxy) is 1. The predicted molar refractivity (Wildman–Crippen MR) is 101 cm³/mol. The summed E-state index contributed by atoms with van der Waals surface area (Å²) in [5, 5.41) is 14.7. The van der Waals surface area contributed by atoms with Crippen molar-refractivity contribution in [3.8, 4) is 11.4 Å². The van der Waals surface area contributed by atoms with Gasteiger partial charge in [0.15, 0.2) is 0 Å². The van der Waals surface area contributed by atoms with Gasteiger partial charge in [0.25, 0.3) is 0 Å². The standard InChI is InChI=1S/C18H23N3O3Si/c1-25(2,3)9-8-24-12-21-17(14(11-19-21)18(22)23)16-10-13-6-4-5-7-15(13)20-16/h4-7,10-11,20H,8-9,12H2,1-3H3,(H,22,23). The van der Waals surface area contributed by atoms with E-state index in [9.17, 15) is 9.90 Å². The minimum atomic E-state index is -1.16. The third kappa shape index (κ3) is 4.00. The Hall–Kier alpha value is -2.38. The first kappa shape index (κ1) is 17.4. The number of nitrogens with zero attached hydrogens (tertiary/aromatic N) is 2. The molecule has 25 heavy (non-hydrogen) atoms. The van der Waals surface area contributed by atoms with Crippen LogP contribution in [0, 0.1) is 0 Å². The molecule has 0 aliphatic carbocycles. The molecule has 3 rings (SSSR count). The summed E-state index contributed by atoms with van der Waals surface area (Å²) in [5.41, 5.74) is 2.39. The van der Waals surface area contributed by atoms with Gasteiger partial charge in [-0.05, 0) is 18.2 Å². The normalized spacial score (nSPS) is 12.0. The van der Waals surface area contributed by atoms with Crippen molar-refractivity contribution in [2.45, 2.75) is 32.4 Å². The van der Waals surface area contributed by atoms with Crippen LogP contribution in [0.2, 0.25) is 25.7 Å². The second kappa shape index (κ2) is 6.85. The van der Waals surface area contributed by atoms with E-state index in [0.717, 1.165) is 22.6 Å². The molecule has 0 radical (unpaired) electrons. The van der Waals surface area contributed by atoms with Crippen molar-refractivity contribution in [1.82, 2.24) is 14.8 Å². The molecule has 0 amide bonds. The fourth-order valence-electron chi connectivity index (χ4n) is 2.65. The number of H-pyrrole nitrogens is 1. The highest BCUT2D eigenvalue weighted by atomic mass is 28.3. The molecular weight excluding hydrogens is 334 g/mol. The summed E-state index contributed by atoms with van der Waals surface area (Å²) in [6, 6.07) is 10.8. The molecule has 3 aromatic rings. The quantitative estimate of drug-likeness (QED) is 0.494. The largest absolute Gasteiger partial charge is 0.478 e. The van der Waals surface area contributed by atoms with Crippen LogP contribution < -0.4 is 0 Å². The zero-order valence-electron chi connectivity index (χ0n) is 14.7. The molecule has 2 aromatic heterocycles. The van der Waals surface area contributed by atoms with Crippen LogP contribution >= 0.6 is 0 Å². The van der Waals surface area contributed by atoms with Crippen LogP contribution in [0.3, 0.4) is 0 Å². The second-order valence-electron chi connectivity index (χ2n) is 7.33. The number of rotatable bonds is 7. The van der Waals surface area contributed by atoms with Gasteiger partial charge in [-0.15, -0.1) is 0 Å². The Balaban J connectivity index is 1.88. The van der Waals surface area contributed by atoms with Crippen LogP contribution in [0.5, 0.6) is 0 Å². The molecule has 0 unspecified atom stereocenters. The molecule has 132 valence electrons. The summed E-state index contributed by atoms with van der Waals surface area (Å²) >= 11 is 0. The topological polar surface area (TPSA) is 80.1 Å². The molecule has 6 nitrogen and oxygen atoms in total. The SMILES string of the molecule is C[Si](C)(C)CCOCn1ncc(C(=O)O)c1-c1cc2ccccc2[nH]1. The van der Waals surface area contributed by atoms with Crippen LogP contribution in [0.4, 0.5) is 0 Å². The Morgan fingerprint density at radius 2 is 2.08 bits per heavy atom. The number of para-hydroxylation sites is 1. The van der Waals surface area contributed by atoms with Crippen LogP contribution in [-0.4, -0.2) is 40.5 Å². The minimum Gasteiger partial charge on any atom is -0.478 e. The van der Waals surface area contributed by atoms with Gasteiger partial charge in [-0.2, -0.15) is 5.10 Å². The maximum atomic E-state index is 11.6. The van der Waals surface area contributed by atoms with E-state index < -0.39 is 14.0 Å². The highest BCUT2D eigenvalue weighted by Crippen LogP contribution is 2.27. The zero-order valence-corrected chi connectivity index (χ0v) is 15.7. The van der Waals surface area contributed by atoms with E-state index in [0.29, 0.717) is 12.3 Å². The molecule has 0 atom stereocenters. The van der Waals surface area contributed by atoms with E-state index in [2.05, 4.69) is 29.7 Å². The number of aromatic amines is 1. The number of aromatic nitrogens is 3. The van der Waals surface area contributed by atoms with Crippen molar-refractivity contribution in [3.05, 3.63) is 42.1 Å². The van der Waals surface area contributed by atoms with Crippen molar-refractivity contribution in [3.63, 3.8) is 0 Å². The van der Waals surface area contributed by atoms with Crippen LogP contribution in [0.1, 0.15) is 10.4 Å². The van der Waals surface area contributed by atoms with E-state index in [1.165, 1.54) is 6.20 Å². The van der Waals surface area contributed by atoms with Gasteiger partial charge >= 0.3 is 5.97 Å². The number of hydrogen-bond donors (Lipinski definition) is 2. The molecule has 0 saturated carbocycles. The highest BCUT2D eigenvalue weighted by molar-refractivity contribution is 6.76. The fourth-order valence-corrected chi connectivity index (χ4v) is 3.41. The molecule has 0 aliphatic heterocycles. The summed E-state index contributed by atoms with van der Waals surface area (Å²) in [4.78, 5) is 14.9. The third-order valence-corrected chi connectivity index (χ3v) is 5.77. The van der Waals surface area contributed by atoms with Gasteiger partial charge in [0.2, 0.25) is 0 Å². The van der Waals surface area contributed by atoms with E-state index in [4.69, 9.17) is 4.74 Å². The lowest BCUT2D eigenvalue weighted by atomic mass is 10.2. The molecule has 0 bridgehead atoms. The lowest BCUT2D eigenvalue weighted by Gasteiger charge is -2.15. The van der Waals surface area contributed by atoms with Gasteiger partial charge in [-0.3, -0.25) is 0 Å². The fraction of sp³-hybridized carbons (Fsp3) is 0.333. The Labute approximate surface area is 147 Å². The molecule has 7 heteroatoms. The van der Waals surface area contributed by atoms with Crippen molar-refractivity contribution >= 4 is 24.9 Å². The van der Waals surface area contributed by atoms with Crippen molar-refractivity contribution < 1.29 is 14.6 Å². The Bertz CT molecular complexity index is 859. The average Bonchev–Trinajstić information content (AvgIpc) is 3.13. The van der Waals surface area contributed by atoms with E-state index in [-0.39, 0.29) is 12.3 Å². The summed E-state index contributed by atoms with van der Waals surface area (Å²) in [7, 11) is -1.16. The number of carboxylic acid groups (broad SMARTS) is 1. The number of hydrogen-bond acceptors (Lipinski definition) is 3. The van der Waals surface area contributed by atoms with Gasteiger partial charge in [-0.25, -0.2) is 9.48 Å². The molecule has 2 N–H and O–H groups in total. The van der Waals surface area contributed by atoms with Crippen LogP contribution in [-0.2, 0) is 11.5 Å². The maximum Gasteiger partial charge on any atom is 0.339 e. The van der Waals surface area contributed by atoms with Gasteiger partial charge < -0.3 is 14.8 Å². The van der Waals surface area contributed by atoms with Crippen molar-refractivity contribution in [2.24, 2.45) is 0 Å². The first-order chi connectivity index (χ1) is 11.8. The molecule has 2 heterocycles. The van der Waals surface area contributed by atoms with Crippen LogP contribution in [0.15, 0.2) is 36.5 Å². The Morgan fingerprint density at radius 1 is 1.32 bits per heavy atom. The second-order valence-corrected chi connectivity index (χ2v) is 13.0. The number of carboxylic acids is 1. The number of carbonyl (C=O) groups is 1. The van der Waals surface area contributed by atoms with Crippen LogP contribution in [0.25, 0.3) is 22.3 Å². The zero-order chi connectivity index (χ0) is 18.0. The average molecular weight is 357 g/mol. The Kier molecular flexibility index (Phi) is 4.78. The molecule has 0 spiro atoms. The number of benzene rings is 1. The number of aromatic carboxylic acids is 1. The van der Waals surface area contributed by atoms with E-state index in [1.807, 2.05) is 30.3 Å². The van der Waals surface area contributed by atoms with Crippen molar-refractivity contribution in [1.29, 1.82) is 0 Å². The molecule has 0 fully saturated rings. The summed E-state index contributed by atoms with van der Waals surface area (Å²) in [5.74, 6) is -0.998. The van der Waals surface area contributed by atoms with E-state index >= 15 is 0 Å². The summed E-state index contributed by atoms with van der Waals surface area (Å²) < 4.78 is 7.36. The van der Waals surface area contributed by atoms with Gasteiger partial charge in [0.1, 0.15) is 18.0 Å². The summed E-state index contributed by atoms with van der Waals surface area (Å²) in [6.45, 7) is 7.78. The smallest absolute Gasteiger partial charge is 0.339 e. The molecular formula is C18H23N3O3Si. The Morgan fingerprint density at radius 3 is 2.76 bits per heavy atom. The highest BCUT2D eigenvalue weighted by Gasteiger charge is 2.20. The lowest BCUT2D eigenvalue weighted by Crippen LogP contribution is -2.22. The predicted octanol–water partition coefficient (Wildman–Crippen LogP) is 4.04.